The molecule has 0 aromatic heterocycles. The molecule has 1 unspecified atom stereocenters. The molecule has 106 valence electrons. The smallest absolute Gasteiger partial charge is 0.334 e. The van der Waals surface area contributed by atoms with Gasteiger partial charge in [0.15, 0.2) is 0 Å². The van der Waals surface area contributed by atoms with Crippen LogP contribution in [0.4, 0.5) is 22.0 Å². The van der Waals surface area contributed by atoms with Gasteiger partial charge in [-0.25, -0.2) is 4.39 Å². The van der Waals surface area contributed by atoms with E-state index in [0.29, 0.717) is 5.56 Å². The van der Waals surface area contributed by atoms with Gasteiger partial charge in [0, 0.05) is 0 Å². The minimum atomic E-state index is -4.93. The highest BCUT2D eigenvalue weighted by molar-refractivity contribution is 9.25. The van der Waals surface area contributed by atoms with Gasteiger partial charge in [-0.15, -0.1) is 0 Å². The van der Waals surface area contributed by atoms with E-state index in [1.54, 1.807) is 18.2 Å². The summed E-state index contributed by atoms with van der Waals surface area (Å²) in [5.74, 6) is -13.4. The molecule has 1 atom stereocenters. The Labute approximate surface area is 122 Å². The molecule has 0 N–H and O–H groups in total. The molecular weight excluding hydrogens is 403 g/mol. The first-order valence-corrected chi connectivity index (χ1v) is 6.67. The van der Waals surface area contributed by atoms with Gasteiger partial charge in [-0.2, -0.15) is 17.6 Å². The van der Waals surface area contributed by atoms with E-state index in [0.717, 1.165) is 0 Å². The Morgan fingerprint density at radius 2 is 1.42 bits per heavy atom. The molecule has 0 spiro atoms. The fraction of sp³-hybridized carbons (Fsp3) is 0.455. The van der Waals surface area contributed by atoms with Crippen LogP contribution < -0.4 is 0 Å². The van der Waals surface area contributed by atoms with Crippen LogP contribution >= 0.6 is 31.9 Å². The highest BCUT2D eigenvalue weighted by Gasteiger charge is 2.97. The van der Waals surface area contributed by atoms with Gasteiger partial charge in [0.05, 0.1) is 6.61 Å². The molecule has 0 amide bonds. The van der Waals surface area contributed by atoms with Crippen molar-refractivity contribution in [1.29, 1.82) is 0 Å². The van der Waals surface area contributed by atoms with Crippen molar-refractivity contribution in [2.45, 2.75) is 27.5 Å². The minimum absolute atomic E-state index is 0.390. The second-order valence-corrected chi connectivity index (χ2v) is 7.54. The summed E-state index contributed by atoms with van der Waals surface area (Å²) in [5.41, 5.74) is 0.390. The SMILES string of the molecule is FC1(F)C(F)(F)C(F)(OCc2ccccc2)C1(Br)Br. The van der Waals surface area contributed by atoms with Crippen molar-refractivity contribution < 1.29 is 26.7 Å². The van der Waals surface area contributed by atoms with Crippen LogP contribution in [0.25, 0.3) is 0 Å². The van der Waals surface area contributed by atoms with Crippen LogP contribution in [0.15, 0.2) is 30.3 Å². The lowest BCUT2D eigenvalue weighted by Crippen LogP contribution is -2.83. The number of rotatable bonds is 3. The maximum atomic E-state index is 14.1. The van der Waals surface area contributed by atoms with Gasteiger partial charge < -0.3 is 4.74 Å². The van der Waals surface area contributed by atoms with E-state index < -0.39 is 27.5 Å². The molecule has 8 heteroatoms. The highest BCUT2D eigenvalue weighted by Crippen LogP contribution is 2.72. The quantitative estimate of drug-likeness (QED) is 0.522. The molecule has 0 saturated heterocycles. The highest BCUT2D eigenvalue weighted by atomic mass is 79.9. The van der Waals surface area contributed by atoms with Crippen molar-refractivity contribution in [3.63, 3.8) is 0 Å². The largest absolute Gasteiger partial charge is 0.372 e. The fourth-order valence-corrected chi connectivity index (χ4v) is 2.90. The standard InChI is InChI=1S/C11H7Br2F5O/c12-8(13)9(14,15)10(16,17)11(8,18)19-6-7-4-2-1-3-5-7/h1-5H,6H2. The minimum Gasteiger partial charge on any atom is -0.334 e. The Balaban J connectivity index is 2.20. The number of hydrogen-bond acceptors (Lipinski definition) is 1. The second kappa shape index (κ2) is 4.39. The predicted molar refractivity (Wildman–Crippen MR) is 65.5 cm³/mol. The van der Waals surface area contributed by atoms with E-state index in [2.05, 4.69) is 36.6 Å². The topological polar surface area (TPSA) is 9.23 Å². The van der Waals surface area contributed by atoms with Gasteiger partial charge in [0.2, 0.25) is 3.23 Å². The summed E-state index contributed by atoms with van der Waals surface area (Å²) in [6.07, 6.45) is 0. The molecule has 1 aliphatic rings. The lowest BCUT2D eigenvalue weighted by molar-refractivity contribution is -0.433. The maximum Gasteiger partial charge on any atom is 0.372 e. The zero-order valence-electron chi connectivity index (χ0n) is 9.15. The molecule has 1 aromatic carbocycles. The Kier molecular flexibility index (Phi) is 3.51. The normalized spacial score (nSPS) is 30.7. The van der Waals surface area contributed by atoms with Crippen molar-refractivity contribution in [1.82, 2.24) is 0 Å². The van der Waals surface area contributed by atoms with Crippen LogP contribution in [-0.2, 0) is 11.3 Å². The molecule has 1 aliphatic carbocycles. The van der Waals surface area contributed by atoms with Crippen LogP contribution in [0, 0.1) is 0 Å². The monoisotopic (exact) mass is 408 g/mol. The molecule has 0 bridgehead atoms. The van der Waals surface area contributed by atoms with Gasteiger partial charge in [-0.05, 0) is 5.56 Å². The summed E-state index contributed by atoms with van der Waals surface area (Å²) in [5, 5.41) is 0. The van der Waals surface area contributed by atoms with Gasteiger partial charge in [-0.3, -0.25) is 0 Å². The summed E-state index contributed by atoms with van der Waals surface area (Å²) in [4.78, 5) is 0. The lowest BCUT2D eigenvalue weighted by Gasteiger charge is -2.56. The maximum absolute atomic E-state index is 14.1. The summed E-state index contributed by atoms with van der Waals surface area (Å²) < 4.78 is 68.4. The number of halogens is 7. The Morgan fingerprint density at radius 3 is 1.89 bits per heavy atom. The van der Waals surface area contributed by atoms with Crippen LogP contribution in [0.3, 0.4) is 0 Å². The van der Waals surface area contributed by atoms with Crippen LogP contribution in [0.2, 0.25) is 0 Å². The predicted octanol–water partition coefficient (Wildman–Crippen LogP) is 4.64. The van der Waals surface area contributed by atoms with E-state index >= 15 is 0 Å². The zero-order valence-corrected chi connectivity index (χ0v) is 12.3. The van der Waals surface area contributed by atoms with Crippen molar-refractivity contribution in [2.24, 2.45) is 0 Å². The molecule has 1 aromatic rings. The third kappa shape index (κ3) is 1.79. The molecule has 2 rings (SSSR count). The van der Waals surface area contributed by atoms with Crippen molar-refractivity contribution in [2.75, 3.05) is 0 Å². The average Bonchev–Trinajstić information content (AvgIpc) is 2.35. The van der Waals surface area contributed by atoms with E-state index in [1.807, 2.05) is 0 Å². The van der Waals surface area contributed by atoms with E-state index in [1.165, 1.54) is 12.1 Å². The van der Waals surface area contributed by atoms with Gasteiger partial charge >= 0.3 is 17.7 Å². The van der Waals surface area contributed by atoms with E-state index in [4.69, 9.17) is 0 Å². The fourth-order valence-electron chi connectivity index (χ4n) is 1.67. The summed E-state index contributed by atoms with van der Waals surface area (Å²) in [7, 11) is 0. The molecule has 19 heavy (non-hydrogen) atoms. The Bertz CT molecular complexity index is 459. The third-order valence-corrected chi connectivity index (χ3v) is 4.89. The van der Waals surface area contributed by atoms with Crippen molar-refractivity contribution >= 4 is 31.9 Å². The molecule has 1 fully saturated rings. The van der Waals surface area contributed by atoms with Gasteiger partial charge in [-0.1, -0.05) is 62.2 Å². The van der Waals surface area contributed by atoms with Crippen LogP contribution in [0.1, 0.15) is 5.56 Å². The first-order chi connectivity index (χ1) is 8.58. The second-order valence-electron chi connectivity index (χ2n) is 4.09. The van der Waals surface area contributed by atoms with Gasteiger partial charge in [0.25, 0.3) is 0 Å². The Hall–Kier alpha value is -0.210. The van der Waals surface area contributed by atoms with Crippen LogP contribution in [-0.4, -0.2) is 20.9 Å². The number of hydrogen-bond donors (Lipinski definition) is 0. The first-order valence-electron chi connectivity index (χ1n) is 5.08. The molecule has 1 saturated carbocycles. The number of alkyl halides is 7. The van der Waals surface area contributed by atoms with Crippen molar-refractivity contribution in [3.05, 3.63) is 35.9 Å². The molecular formula is C11H7Br2F5O. The summed E-state index contributed by atoms with van der Waals surface area (Å²) in [6, 6.07) is 7.85. The van der Waals surface area contributed by atoms with E-state index in [-0.39, 0.29) is 0 Å². The first kappa shape index (κ1) is 15.2. The zero-order chi connectivity index (χ0) is 14.5. The molecule has 1 nitrogen and oxygen atoms in total. The lowest BCUT2D eigenvalue weighted by atomic mass is 9.82. The van der Waals surface area contributed by atoms with Crippen molar-refractivity contribution in [3.8, 4) is 0 Å². The average molecular weight is 410 g/mol. The number of ether oxygens (including phenoxy) is 1. The number of benzene rings is 1. The molecule has 0 heterocycles. The molecule has 0 aliphatic heterocycles. The summed E-state index contributed by atoms with van der Waals surface area (Å²) >= 11 is 4.49. The Morgan fingerprint density at radius 1 is 0.895 bits per heavy atom. The third-order valence-electron chi connectivity index (χ3n) is 2.88. The van der Waals surface area contributed by atoms with E-state index in [9.17, 15) is 22.0 Å². The summed E-state index contributed by atoms with van der Waals surface area (Å²) in [6.45, 7) is -0.554. The molecule has 0 radical (unpaired) electrons. The van der Waals surface area contributed by atoms with Crippen LogP contribution in [0.5, 0.6) is 0 Å². The van der Waals surface area contributed by atoms with Gasteiger partial charge in [0.1, 0.15) is 0 Å².